The van der Waals surface area contributed by atoms with E-state index in [-0.39, 0.29) is 11.9 Å². The molecule has 1 aliphatic rings. The van der Waals surface area contributed by atoms with Crippen molar-refractivity contribution in [2.75, 3.05) is 18.0 Å². The van der Waals surface area contributed by atoms with Gasteiger partial charge in [0.1, 0.15) is 5.82 Å². The molecule has 2 aromatic rings. The molecule has 0 aromatic carbocycles. The van der Waals surface area contributed by atoms with E-state index in [9.17, 15) is 18.0 Å². The van der Waals surface area contributed by atoms with Crippen molar-refractivity contribution in [2.45, 2.75) is 44.3 Å². The molecule has 8 heteroatoms. The van der Waals surface area contributed by atoms with Crippen LogP contribution in [0.2, 0.25) is 0 Å². The molecule has 1 aliphatic heterocycles. The number of carbonyl (C=O) groups is 1. The summed E-state index contributed by atoms with van der Waals surface area (Å²) in [6.07, 6.45) is 0.296. The molecule has 2 aromatic heterocycles. The number of nitrogens with one attached hydrogen (secondary N) is 1. The minimum Gasteiger partial charge on any atom is -0.356 e. The lowest BCUT2D eigenvalue weighted by Gasteiger charge is -2.33. The second-order valence-electron chi connectivity index (χ2n) is 6.66. The van der Waals surface area contributed by atoms with Gasteiger partial charge in [0.25, 0.3) is 0 Å². The molecule has 3 heterocycles. The lowest BCUT2D eigenvalue weighted by Crippen LogP contribution is -2.44. The van der Waals surface area contributed by atoms with Crippen LogP contribution in [0.4, 0.5) is 19.0 Å². The number of halogens is 3. The van der Waals surface area contributed by atoms with E-state index in [1.54, 1.807) is 11.3 Å². The third-order valence-electron chi connectivity index (χ3n) is 4.67. The van der Waals surface area contributed by atoms with Gasteiger partial charge in [-0.05, 0) is 49.3 Å². The number of aromatic nitrogens is 1. The quantitative estimate of drug-likeness (QED) is 0.792. The molecule has 1 N–H and O–H groups in total. The zero-order chi connectivity index (χ0) is 19.3. The molecule has 0 spiro atoms. The second kappa shape index (κ2) is 8.73. The summed E-state index contributed by atoms with van der Waals surface area (Å²) in [6, 6.07) is 6.67. The number of carbonyl (C=O) groups excluding carboxylic acids is 1. The molecule has 0 aliphatic carbocycles. The van der Waals surface area contributed by atoms with Crippen molar-refractivity contribution in [3.05, 3.63) is 46.3 Å². The summed E-state index contributed by atoms with van der Waals surface area (Å²) in [5, 5.41) is 5.11. The zero-order valence-corrected chi connectivity index (χ0v) is 15.7. The molecule has 27 heavy (non-hydrogen) atoms. The maximum Gasteiger partial charge on any atom is 0.417 e. The Kier molecular flexibility index (Phi) is 6.36. The molecule has 4 nitrogen and oxygen atoms in total. The van der Waals surface area contributed by atoms with Crippen molar-refractivity contribution < 1.29 is 18.0 Å². The first-order chi connectivity index (χ1) is 12.9. The van der Waals surface area contributed by atoms with Crippen LogP contribution in [0.25, 0.3) is 0 Å². The second-order valence-corrected chi connectivity index (χ2v) is 7.70. The van der Waals surface area contributed by atoms with Gasteiger partial charge in [0.15, 0.2) is 0 Å². The average Bonchev–Trinajstić information content (AvgIpc) is 3.15. The van der Waals surface area contributed by atoms with E-state index in [2.05, 4.69) is 16.4 Å². The zero-order valence-electron chi connectivity index (χ0n) is 14.8. The van der Waals surface area contributed by atoms with Crippen LogP contribution in [0.3, 0.4) is 0 Å². The summed E-state index contributed by atoms with van der Waals surface area (Å²) < 4.78 is 37.8. The first-order valence-corrected chi connectivity index (χ1v) is 9.90. The number of rotatable bonds is 6. The largest absolute Gasteiger partial charge is 0.417 e. The maximum absolute atomic E-state index is 12.6. The van der Waals surface area contributed by atoms with Crippen molar-refractivity contribution >= 4 is 23.1 Å². The molecule has 0 radical (unpaired) electrons. The summed E-state index contributed by atoms with van der Waals surface area (Å²) in [5.74, 6) is 0.612. The van der Waals surface area contributed by atoms with Gasteiger partial charge in [-0.2, -0.15) is 13.2 Å². The number of pyridine rings is 1. The first-order valence-electron chi connectivity index (χ1n) is 9.02. The van der Waals surface area contributed by atoms with Crippen LogP contribution in [0.5, 0.6) is 0 Å². The van der Waals surface area contributed by atoms with Crippen molar-refractivity contribution in [1.29, 1.82) is 0 Å². The van der Waals surface area contributed by atoms with E-state index in [1.165, 1.54) is 10.9 Å². The molecule has 0 unspecified atom stereocenters. The van der Waals surface area contributed by atoms with E-state index in [0.717, 1.165) is 37.9 Å². The van der Waals surface area contributed by atoms with Crippen LogP contribution < -0.4 is 10.2 Å². The fourth-order valence-corrected chi connectivity index (χ4v) is 3.92. The van der Waals surface area contributed by atoms with Crippen LogP contribution in [-0.4, -0.2) is 30.0 Å². The SMILES string of the molecule is O=C(CCCc1cccs1)NC1CCN(c2ccc(C(F)(F)F)cn2)CC1. The van der Waals surface area contributed by atoms with E-state index in [0.29, 0.717) is 25.3 Å². The summed E-state index contributed by atoms with van der Waals surface area (Å²) in [5.41, 5.74) is -0.740. The third-order valence-corrected chi connectivity index (χ3v) is 5.60. The number of anilines is 1. The highest BCUT2D eigenvalue weighted by atomic mass is 32.1. The highest BCUT2D eigenvalue weighted by molar-refractivity contribution is 7.09. The van der Waals surface area contributed by atoms with Gasteiger partial charge < -0.3 is 10.2 Å². The predicted molar refractivity (Wildman–Crippen MR) is 99.9 cm³/mol. The molecular formula is C19H22F3N3OS. The molecule has 3 rings (SSSR count). The van der Waals surface area contributed by atoms with E-state index >= 15 is 0 Å². The van der Waals surface area contributed by atoms with Crippen LogP contribution in [0.1, 0.15) is 36.1 Å². The van der Waals surface area contributed by atoms with Gasteiger partial charge in [0.05, 0.1) is 5.56 Å². The lowest BCUT2D eigenvalue weighted by molar-refractivity contribution is -0.137. The molecule has 1 saturated heterocycles. The Morgan fingerprint density at radius 2 is 2.04 bits per heavy atom. The lowest BCUT2D eigenvalue weighted by atomic mass is 10.0. The fourth-order valence-electron chi connectivity index (χ4n) is 3.17. The monoisotopic (exact) mass is 397 g/mol. The molecule has 0 saturated carbocycles. The number of piperidine rings is 1. The van der Waals surface area contributed by atoms with Crippen LogP contribution in [-0.2, 0) is 17.4 Å². The normalized spacial score (nSPS) is 15.7. The van der Waals surface area contributed by atoms with Crippen LogP contribution in [0.15, 0.2) is 35.8 Å². The Hall–Kier alpha value is -2.09. The number of hydrogen-bond donors (Lipinski definition) is 1. The fraction of sp³-hybridized carbons (Fsp3) is 0.474. The van der Waals surface area contributed by atoms with E-state index in [4.69, 9.17) is 0 Å². The molecule has 0 bridgehead atoms. The van der Waals surface area contributed by atoms with Gasteiger partial charge in [0.2, 0.25) is 5.91 Å². The van der Waals surface area contributed by atoms with E-state index in [1.807, 2.05) is 16.3 Å². The Morgan fingerprint density at radius 1 is 1.26 bits per heavy atom. The molecule has 146 valence electrons. The molecular weight excluding hydrogens is 375 g/mol. The maximum atomic E-state index is 12.6. The topological polar surface area (TPSA) is 45.2 Å². The molecule has 1 fully saturated rings. The highest BCUT2D eigenvalue weighted by Gasteiger charge is 2.31. The number of hydrogen-bond acceptors (Lipinski definition) is 4. The van der Waals surface area contributed by atoms with Gasteiger partial charge >= 0.3 is 6.18 Å². The van der Waals surface area contributed by atoms with Crippen LogP contribution in [0, 0.1) is 0 Å². The summed E-state index contributed by atoms with van der Waals surface area (Å²) >= 11 is 1.70. The minimum atomic E-state index is -4.37. The van der Waals surface area contributed by atoms with Gasteiger partial charge in [0, 0.05) is 36.6 Å². The summed E-state index contributed by atoms with van der Waals surface area (Å²) in [7, 11) is 0. The van der Waals surface area contributed by atoms with Crippen molar-refractivity contribution in [1.82, 2.24) is 10.3 Å². The minimum absolute atomic E-state index is 0.0673. The van der Waals surface area contributed by atoms with Crippen molar-refractivity contribution in [2.24, 2.45) is 0 Å². The summed E-state index contributed by atoms with van der Waals surface area (Å²) in [6.45, 7) is 1.33. The Labute approximate surface area is 160 Å². The highest BCUT2D eigenvalue weighted by Crippen LogP contribution is 2.29. The average molecular weight is 397 g/mol. The number of aryl methyl sites for hydroxylation is 1. The van der Waals surface area contributed by atoms with Crippen molar-refractivity contribution in [3.63, 3.8) is 0 Å². The standard InChI is InChI=1S/C19H22F3N3OS/c20-19(21,22)14-6-7-17(23-13-14)25-10-8-15(9-11-25)24-18(26)5-1-3-16-4-2-12-27-16/h2,4,6-7,12-13,15H,1,3,5,8-11H2,(H,24,26). The smallest absolute Gasteiger partial charge is 0.356 e. The number of alkyl halides is 3. The summed E-state index contributed by atoms with van der Waals surface area (Å²) in [4.78, 5) is 19.3. The van der Waals surface area contributed by atoms with Crippen LogP contribution >= 0.6 is 11.3 Å². The van der Waals surface area contributed by atoms with Gasteiger partial charge in [-0.3, -0.25) is 4.79 Å². The first kappa shape index (κ1) is 19.7. The third kappa shape index (κ3) is 5.69. The molecule has 1 amide bonds. The Balaban J connectivity index is 1.40. The van der Waals surface area contributed by atoms with Gasteiger partial charge in [-0.25, -0.2) is 4.98 Å². The van der Waals surface area contributed by atoms with Gasteiger partial charge in [-0.1, -0.05) is 6.07 Å². The molecule has 0 atom stereocenters. The number of nitrogens with zero attached hydrogens (tertiary/aromatic N) is 2. The van der Waals surface area contributed by atoms with E-state index < -0.39 is 11.7 Å². The number of amides is 1. The number of thiophene rings is 1. The van der Waals surface area contributed by atoms with Gasteiger partial charge in [-0.15, -0.1) is 11.3 Å². The Morgan fingerprint density at radius 3 is 2.63 bits per heavy atom. The Bertz CT molecular complexity index is 724. The van der Waals surface area contributed by atoms with Crippen molar-refractivity contribution in [3.8, 4) is 0 Å². The predicted octanol–water partition coefficient (Wildman–Crippen LogP) is 4.27.